The third-order valence-electron chi connectivity index (χ3n) is 3.77. The van der Waals surface area contributed by atoms with E-state index in [2.05, 4.69) is 20.6 Å². The summed E-state index contributed by atoms with van der Waals surface area (Å²) >= 11 is 6.16. The Balaban J connectivity index is 1.80. The number of anilines is 4. The largest absolute Gasteiger partial charge is 0.462 e. The highest BCUT2D eigenvalue weighted by molar-refractivity contribution is 6.31. The first-order chi connectivity index (χ1) is 13.1. The fraction of sp³-hybridized carbons (Fsp3) is 0.150. The van der Waals surface area contributed by atoms with Crippen molar-refractivity contribution in [3.63, 3.8) is 0 Å². The summed E-state index contributed by atoms with van der Waals surface area (Å²) < 4.78 is 5.09. The van der Waals surface area contributed by atoms with Gasteiger partial charge in [0.25, 0.3) is 0 Å². The van der Waals surface area contributed by atoms with Crippen LogP contribution in [0.4, 0.5) is 23.1 Å². The first-order valence-corrected chi connectivity index (χ1v) is 8.84. The predicted octanol–water partition coefficient (Wildman–Crippen LogP) is 5.10. The van der Waals surface area contributed by atoms with E-state index in [1.165, 1.54) is 0 Å². The van der Waals surface area contributed by atoms with Crippen LogP contribution in [0.5, 0.6) is 0 Å². The highest BCUT2D eigenvalue weighted by Crippen LogP contribution is 2.24. The van der Waals surface area contributed by atoms with Crippen LogP contribution < -0.4 is 10.6 Å². The van der Waals surface area contributed by atoms with Crippen molar-refractivity contribution in [2.75, 3.05) is 17.2 Å². The van der Waals surface area contributed by atoms with Gasteiger partial charge >= 0.3 is 5.97 Å². The summed E-state index contributed by atoms with van der Waals surface area (Å²) in [6, 6.07) is 14.5. The van der Waals surface area contributed by atoms with Crippen LogP contribution >= 0.6 is 11.6 Å². The number of para-hydroxylation sites is 1. The van der Waals surface area contributed by atoms with E-state index in [9.17, 15) is 4.79 Å². The van der Waals surface area contributed by atoms with Gasteiger partial charge in [-0.15, -0.1) is 0 Å². The van der Waals surface area contributed by atoms with Crippen molar-refractivity contribution in [1.29, 1.82) is 0 Å². The lowest BCUT2D eigenvalue weighted by Crippen LogP contribution is -2.09. The molecule has 0 aliphatic carbocycles. The van der Waals surface area contributed by atoms with E-state index in [1.54, 1.807) is 37.4 Å². The van der Waals surface area contributed by atoms with Crippen molar-refractivity contribution >= 4 is 40.7 Å². The standard InChI is InChI=1S/C20H19ClN4O2/c1-3-27-19(26)15-6-4-5-7-17(15)24-20-22-11-10-18(25-20)23-14-9-8-13(2)16(21)12-14/h4-12H,3H2,1-2H3,(H2,22,23,24,25). The molecule has 2 N–H and O–H groups in total. The summed E-state index contributed by atoms with van der Waals surface area (Å²) in [5.41, 5.74) is 2.82. The number of halogens is 1. The van der Waals surface area contributed by atoms with Gasteiger partial charge in [0.2, 0.25) is 5.95 Å². The van der Waals surface area contributed by atoms with Gasteiger partial charge in [-0.2, -0.15) is 4.98 Å². The topological polar surface area (TPSA) is 76.1 Å². The second-order valence-corrected chi connectivity index (χ2v) is 6.15. The fourth-order valence-corrected chi connectivity index (χ4v) is 2.59. The van der Waals surface area contributed by atoms with E-state index in [0.29, 0.717) is 34.6 Å². The molecule has 6 nitrogen and oxygen atoms in total. The van der Waals surface area contributed by atoms with Gasteiger partial charge < -0.3 is 15.4 Å². The van der Waals surface area contributed by atoms with E-state index >= 15 is 0 Å². The molecule has 1 heterocycles. The highest BCUT2D eigenvalue weighted by atomic mass is 35.5. The molecular formula is C20H19ClN4O2. The Bertz CT molecular complexity index is 962. The molecule has 27 heavy (non-hydrogen) atoms. The summed E-state index contributed by atoms with van der Waals surface area (Å²) in [5.74, 6) is 0.556. The molecule has 0 fully saturated rings. The minimum Gasteiger partial charge on any atom is -0.462 e. The average molecular weight is 383 g/mol. The van der Waals surface area contributed by atoms with Crippen LogP contribution in [0.25, 0.3) is 0 Å². The number of rotatable bonds is 6. The second kappa shape index (κ2) is 8.51. The maximum atomic E-state index is 12.1. The quantitative estimate of drug-likeness (QED) is 0.577. The maximum Gasteiger partial charge on any atom is 0.340 e. The molecule has 0 aliphatic heterocycles. The molecule has 2 aromatic carbocycles. The van der Waals surface area contributed by atoms with Gasteiger partial charge in [0.05, 0.1) is 17.9 Å². The number of hydrogen-bond acceptors (Lipinski definition) is 6. The van der Waals surface area contributed by atoms with Crippen LogP contribution in [-0.2, 0) is 4.74 Å². The predicted molar refractivity (Wildman–Crippen MR) is 107 cm³/mol. The fourth-order valence-electron chi connectivity index (χ4n) is 2.41. The molecule has 0 aliphatic rings. The molecule has 0 saturated heterocycles. The van der Waals surface area contributed by atoms with Gasteiger partial charge in [-0.25, -0.2) is 9.78 Å². The van der Waals surface area contributed by atoms with Crippen LogP contribution in [0.3, 0.4) is 0 Å². The molecule has 0 saturated carbocycles. The van der Waals surface area contributed by atoms with Gasteiger partial charge in [0.1, 0.15) is 5.82 Å². The van der Waals surface area contributed by atoms with Crippen molar-refractivity contribution in [2.24, 2.45) is 0 Å². The number of benzene rings is 2. The molecule has 1 aromatic heterocycles. The van der Waals surface area contributed by atoms with Gasteiger partial charge in [0, 0.05) is 16.9 Å². The van der Waals surface area contributed by atoms with Crippen LogP contribution in [0, 0.1) is 6.92 Å². The summed E-state index contributed by atoms with van der Waals surface area (Å²) in [4.78, 5) is 20.7. The number of carbonyl (C=O) groups is 1. The Kier molecular flexibility index (Phi) is 5.88. The third-order valence-corrected chi connectivity index (χ3v) is 4.18. The molecule has 0 unspecified atom stereocenters. The molecule has 7 heteroatoms. The number of nitrogens with zero attached hydrogens (tertiary/aromatic N) is 2. The van der Waals surface area contributed by atoms with Gasteiger partial charge in [0.15, 0.2) is 0 Å². The van der Waals surface area contributed by atoms with E-state index in [-0.39, 0.29) is 0 Å². The summed E-state index contributed by atoms with van der Waals surface area (Å²) in [5, 5.41) is 6.93. The van der Waals surface area contributed by atoms with Gasteiger partial charge in [-0.1, -0.05) is 29.8 Å². The number of aromatic nitrogens is 2. The van der Waals surface area contributed by atoms with Crippen LogP contribution in [0.1, 0.15) is 22.8 Å². The molecule has 3 aromatic rings. The van der Waals surface area contributed by atoms with Crippen molar-refractivity contribution in [3.8, 4) is 0 Å². The summed E-state index contributed by atoms with van der Waals surface area (Å²) in [7, 11) is 0. The lowest BCUT2D eigenvalue weighted by atomic mass is 10.2. The van der Waals surface area contributed by atoms with Crippen molar-refractivity contribution in [3.05, 3.63) is 70.9 Å². The zero-order chi connectivity index (χ0) is 19.2. The Morgan fingerprint density at radius 1 is 1.15 bits per heavy atom. The molecule has 0 amide bonds. The van der Waals surface area contributed by atoms with Crippen LogP contribution in [0.2, 0.25) is 5.02 Å². The smallest absolute Gasteiger partial charge is 0.340 e. The first kappa shape index (κ1) is 18.7. The van der Waals surface area contributed by atoms with Crippen molar-refractivity contribution in [1.82, 2.24) is 9.97 Å². The van der Waals surface area contributed by atoms with E-state index in [4.69, 9.17) is 16.3 Å². The van der Waals surface area contributed by atoms with E-state index < -0.39 is 5.97 Å². The minimum atomic E-state index is -0.399. The number of nitrogens with one attached hydrogen (secondary N) is 2. The molecule has 3 rings (SSSR count). The van der Waals surface area contributed by atoms with E-state index in [0.717, 1.165) is 11.3 Å². The Morgan fingerprint density at radius 3 is 2.74 bits per heavy atom. The summed E-state index contributed by atoms with van der Waals surface area (Å²) in [6.07, 6.45) is 1.63. The van der Waals surface area contributed by atoms with Gasteiger partial charge in [-0.05, 0) is 49.7 Å². The average Bonchev–Trinajstić information content (AvgIpc) is 2.66. The molecule has 0 radical (unpaired) electrons. The zero-order valence-corrected chi connectivity index (χ0v) is 15.7. The molecular weight excluding hydrogens is 364 g/mol. The molecule has 0 atom stereocenters. The molecule has 138 valence electrons. The normalized spacial score (nSPS) is 10.3. The maximum absolute atomic E-state index is 12.1. The SMILES string of the molecule is CCOC(=O)c1ccccc1Nc1nccc(Nc2ccc(C)c(Cl)c2)n1. The Hall–Kier alpha value is -3.12. The minimum absolute atomic E-state index is 0.308. The van der Waals surface area contributed by atoms with Gasteiger partial charge in [-0.3, -0.25) is 0 Å². The second-order valence-electron chi connectivity index (χ2n) is 5.75. The monoisotopic (exact) mass is 382 g/mol. The number of esters is 1. The number of aryl methyl sites for hydroxylation is 1. The lowest BCUT2D eigenvalue weighted by Gasteiger charge is -2.11. The third kappa shape index (κ3) is 4.74. The highest BCUT2D eigenvalue weighted by Gasteiger charge is 2.13. The lowest BCUT2D eigenvalue weighted by molar-refractivity contribution is 0.0527. The number of hydrogen-bond donors (Lipinski definition) is 2. The number of carbonyl (C=O) groups excluding carboxylic acids is 1. The van der Waals surface area contributed by atoms with Crippen molar-refractivity contribution in [2.45, 2.75) is 13.8 Å². The van der Waals surface area contributed by atoms with E-state index in [1.807, 2.05) is 31.2 Å². The van der Waals surface area contributed by atoms with Crippen molar-refractivity contribution < 1.29 is 9.53 Å². The van der Waals surface area contributed by atoms with Crippen LogP contribution in [-0.4, -0.2) is 22.5 Å². The molecule has 0 bridgehead atoms. The Morgan fingerprint density at radius 2 is 1.96 bits per heavy atom. The number of ether oxygens (including phenoxy) is 1. The summed E-state index contributed by atoms with van der Waals surface area (Å²) in [6.45, 7) is 4.02. The molecule has 0 spiro atoms. The van der Waals surface area contributed by atoms with Crippen LogP contribution in [0.15, 0.2) is 54.7 Å². The Labute approximate surface area is 162 Å². The zero-order valence-electron chi connectivity index (χ0n) is 15.0. The first-order valence-electron chi connectivity index (χ1n) is 8.46.